The van der Waals surface area contributed by atoms with E-state index in [-0.39, 0.29) is 5.75 Å². The van der Waals surface area contributed by atoms with E-state index in [0.717, 1.165) is 21.7 Å². The Hall–Kier alpha value is -2.41. The minimum Gasteiger partial charge on any atom is -0.406 e. The summed E-state index contributed by atoms with van der Waals surface area (Å²) in [6.07, 6.45) is -1.15. The maximum absolute atomic E-state index is 12.2. The summed E-state index contributed by atoms with van der Waals surface area (Å²) in [5, 5.41) is 2.72. The molecule has 0 aliphatic heterocycles. The highest BCUT2D eigenvalue weighted by Gasteiger charge is 2.31. The Morgan fingerprint density at radius 1 is 1.08 bits per heavy atom. The molecule has 3 aromatic rings. The van der Waals surface area contributed by atoms with Crippen molar-refractivity contribution in [2.75, 3.05) is 0 Å². The van der Waals surface area contributed by atoms with Crippen LogP contribution in [0, 0.1) is 0 Å². The van der Waals surface area contributed by atoms with Gasteiger partial charge >= 0.3 is 6.36 Å². The first-order valence-electron chi connectivity index (χ1n) is 7.59. The van der Waals surface area contributed by atoms with Crippen LogP contribution in [0.25, 0.3) is 21.8 Å². The average molecular weight is 364 g/mol. The average Bonchev–Trinajstić information content (AvgIpc) is 3.04. The molecule has 3 rings (SSSR count). The van der Waals surface area contributed by atoms with Gasteiger partial charge in [0.15, 0.2) is 0 Å². The van der Waals surface area contributed by atoms with Crippen LogP contribution in [0.3, 0.4) is 0 Å². The van der Waals surface area contributed by atoms with Crippen LogP contribution in [0.15, 0.2) is 48.1 Å². The number of aromatic nitrogens is 2. The number of rotatable bonds is 4. The van der Waals surface area contributed by atoms with Crippen LogP contribution < -0.4 is 4.74 Å². The van der Waals surface area contributed by atoms with E-state index in [2.05, 4.69) is 28.6 Å². The van der Waals surface area contributed by atoms with Crippen LogP contribution >= 0.6 is 11.3 Å². The molecule has 3 nitrogen and oxygen atoms in total. The SMILES string of the molecule is CC(C)c1ccncc1-c1nc(-c2ccc(OC(F)(F)F)cc2)cs1. The molecule has 7 heteroatoms. The second-order valence-electron chi connectivity index (χ2n) is 5.73. The third-order valence-electron chi connectivity index (χ3n) is 3.60. The highest BCUT2D eigenvalue weighted by Crippen LogP contribution is 2.34. The molecule has 0 radical (unpaired) electrons. The third kappa shape index (κ3) is 4.17. The molecule has 0 aliphatic rings. The number of hydrogen-bond donors (Lipinski definition) is 0. The minimum absolute atomic E-state index is 0.249. The molecule has 0 spiro atoms. The number of hydrogen-bond acceptors (Lipinski definition) is 4. The van der Waals surface area contributed by atoms with Crippen molar-refractivity contribution in [3.63, 3.8) is 0 Å². The fraction of sp³-hybridized carbons (Fsp3) is 0.222. The zero-order chi connectivity index (χ0) is 18.0. The van der Waals surface area contributed by atoms with Gasteiger partial charge in [0.2, 0.25) is 0 Å². The zero-order valence-electron chi connectivity index (χ0n) is 13.5. The molecule has 0 aliphatic carbocycles. The number of ether oxygens (including phenoxy) is 1. The van der Waals surface area contributed by atoms with E-state index < -0.39 is 6.36 Å². The van der Waals surface area contributed by atoms with Crippen molar-refractivity contribution >= 4 is 11.3 Å². The lowest BCUT2D eigenvalue weighted by Crippen LogP contribution is -2.16. The summed E-state index contributed by atoms with van der Waals surface area (Å²) >= 11 is 1.48. The van der Waals surface area contributed by atoms with Gasteiger partial charge in [0.1, 0.15) is 10.8 Å². The lowest BCUT2D eigenvalue weighted by atomic mass is 10.00. The second-order valence-corrected chi connectivity index (χ2v) is 6.59. The lowest BCUT2D eigenvalue weighted by molar-refractivity contribution is -0.274. The zero-order valence-corrected chi connectivity index (χ0v) is 14.4. The summed E-state index contributed by atoms with van der Waals surface area (Å²) in [6.45, 7) is 4.21. The predicted molar refractivity (Wildman–Crippen MR) is 91.6 cm³/mol. The molecule has 0 amide bonds. The Balaban J connectivity index is 1.87. The van der Waals surface area contributed by atoms with Crippen LogP contribution in [-0.2, 0) is 0 Å². The number of pyridine rings is 1. The Labute approximate surface area is 147 Å². The molecule has 0 fully saturated rings. The molecule has 2 aromatic heterocycles. The first-order chi connectivity index (χ1) is 11.8. The first kappa shape index (κ1) is 17.4. The Morgan fingerprint density at radius 3 is 2.44 bits per heavy atom. The maximum atomic E-state index is 12.2. The quantitative estimate of drug-likeness (QED) is 0.579. The van der Waals surface area contributed by atoms with Gasteiger partial charge < -0.3 is 4.74 Å². The van der Waals surface area contributed by atoms with Gasteiger partial charge in [0, 0.05) is 28.9 Å². The smallest absolute Gasteiger partial charge is 0.406 e. The summed E-state index contributed by atoms with van der Waals surface area (Å²) < 4.78 is 40.5. The molecule has 1 aromatic carbocycles. The normalized spacial score (nSPS) is 11.8. The molecule has 0 unspecified atom stereocenters. The molecule has 0 N–H and O–H groups in total. The fourth-order valence-electron chi connectivity index (χ4n) is 2.44. The first-order valence-corrected chi connectivity index (χ1v) is 8.47. The highest BCUT2D eigenvalue weighted by molar-refractivity contribution is 7.13. The summed E-state index contributed by atoms with van der Waals surface area (Å²) in [6, 6.07) is 7.67. The van der Waals surface area contributed by atoms with Gasteiger partial charge in [-0.05, 0) is 41.8 Å². The lowest BCUT2D eigenvalue weighted by Gasteiger charge is -2.09. The standard InChI is InChI=1S/C18H15F3N2OS/c1-11(2)14-7-8-22-9-15(14)17-23-16(10-25-17)12-3-5-13(6-4-12)24-18(19,20)21/h3-11H,1-2H3. The van der Waals surface area contributed by atoms with Gasteiger partial charge in [-0.2, -0.15) is 0 Å². The summed E-state index contributed by atoms with van der Waals surface area (Å²) in [4.78, 5) is 8.79. The van der Waals surface area contributed by atoms with E-state index in [0.29, 0.717) is 11.6 Å². The van der Waals surface area contributed by atoms with E-state index in [9.17, 15) is 13.2 Å². The Morgan fingerprint density at radius 2 is 1.80 bits per heavy atom. The predicted octanol–water partition coefficient (Wildman–Crippen LogP) is 5.89. The Kier molecular flexibility index (Phi) is 4.76. The largest absolute Gasteiger partial charge is 0.573 e. The monoisotopic (exact) mass is 364 g/mol. The number of alkyl halides is 3. The fourth-order valence-corrected chi connectivity index (χ4v) is 3.31. The van der Waals surface area contributed by atoms with Crippen LogP contribution in [0.4, 0.5) is 13.2 Å². The van der Waals surface area contributed by atoms with Gasteiger partial charge in [-0.15, -0.1) is 24.5 Å². The van der Waals surface area contributed by atoms with E-state index in [4.69, 9.17) is 0 Å². The van der Waals surface area contributed by atoms with Crippen molar-refractivity contribution < 1.29 is 17.9 Å². The molecule has 25 heavy (non-hydrogen) atoms. The number of benzene rings is 1. The molecule has 130 valence electrons. The molecule has 0 saturated carbocycles. The van der Waals surface area contributed by atoms with E-state index in [1.54, 1.807) is 24.5 Å². The van der Waals surface area contributed by atoms with Crippen LogP contribution in [0.2, 0.25) is 0 Å². The van der Waals surface area contributed by atoms with Crippen molar-refractivity contribution in [2.24, 2.45) is 0 Å². The number of nitrogens with zero attached hydrogens (tertiary/aromatic N) is 2. The Bertz CT molecular complexity index is 857. The van der Waals surface area contributed by atoms with Gasteiger partial charge in [0.05, 0.1) is 5.69 Å². The third-order valence-corrected chi connectivity index (χ3v) is 4.47. The van der Waals surface area contributed by atoms with Crippen LogP contribution in [0.5, 0.6) is 5.75 Å². The van der Waals surface area contributed by atoms with Gasteiger partial charge in [-0.25, -0.2) is 4.98 Å². The second kappa shape index (κ2) is 6.84. The topological polar surface area (TPSA) is 35.0 Å². The van der Waals surface area contributed by atoms with E-state index >= 15 is 0 Å². The summed E-state index contributed by atoms with van der Waals surface area (Å²) in [5.74, 6) is 0.0882. The highest BCUT2D eigenvalue weighted by atomic mass is 32.1. The van der Waals surface area contributed by atoms with Crippen molar-refractivity contribution in [3.05, 3.63) is 53.7 Å². The summed E-state index contributed by atoms with van der Waals surface area (Å²) in [5.41, 5.74) is 3.57. The van der Waals surface area contributed by atoms with Gasteiger partial charge in [0.25, 0.3) is 0 Å². The van der Waals surface area contributed by atoms with Crippen molar-refractivity contribution in [1.29, 1.82) is 0 Å². The molecular weight excluding hydrogens is 349 g/mol. The van der Waals surface area contributed by atoms with Crippen molar-refractivity contribution in [2.45, 2.75) is 26.1 Å². The van der Waals surface area contributed by atoms with Gasteiger partial charge in [-0.1, -0.05) is 13.8 Å². The molecule has 2 heterocycles. The number of halogens is 3. The van der Waals surface area contributed by atoms with Crippen molar-refractivity contribution in [3.8, 4) is 27.6 Å². The van der Waals surface area contributed by atoms with Crippen LogP contribution in [-0.4, -0.2) is 16.3 Å². The summed E-state index contributed by atoms with van der Waals surface area (Å²) in [7, 11) is 0. The molecular formula is C18H15F3N2OS. The molecule has 0 saturated heterocycles. The maximum Gasteiger partial charge on any atom is 0.573 e. The van der Waals surface area contributed by atoms with E-state index in [1.165, 1.54) is 23.5 Å². The number of thiazole rings is 1. The van der Waals surface area contributed by atoms with Crippen molar-refractivity contribution in [1.82, 2.24) is 9.97 Å². The molecule has 0 atom stereocenters. The van der Waals surface area contributed by atoms with E-state index in [1.807, 2.05) is 11.4 Å². The molecule has 0 bridgehead atoms. The van der Waals surface area contributed by atoms with Crippen LogP contribution in [0.1, 0.15) is 25.3 Å². The minimum atomic E-state index is -4.69. The van der Waals surface area contributed by atoms with Gasteiger partial charge in [-0.3, -0.25) is 4.98 Å².